The molecular formula is C17H27BrClNO2. The molecule has 1 saturated carbocycles. The summed E-state index contributed by atoms with van der Waals surface area (Å²) in [5, 5.41) is 3.70. The minimum Gasteiger partial charge on any atom is -0.493 e. The second-order valence-electron chi connectivity index (χ2n) is 5.74. The number of halogens is 2. The number of methoxy groups -OCH3 is 2. The summed E-state index contributed by atoms with van der Waals surface area (Å²) in [7, 11) is 3.34. The number of hydrogen-bond donors (Lipinski definition) is 1. The average molecular weight is 393 g/mol. The number of hydrogen-bond acceptors (Lipinski definition) is 3. The van der Waals surface area contributed by atoms with Crippen LogP contribution in [-0.4, -0.2) is 20.3 Å². The van der Waals surface area contributed by atoms with Crippen LogP contribution in [0, 0.1) is 0 Å². The lowest BCUT2D eigenvalue weighted by atomic mass is 9.96. The van der Waals surface area contributed by atoms with Crippen LogP contribution in [0.5, 0.6) is 11.5 Å². The lowest BCUT2D eigenvalue weighted by Gasteiger charge is -2.21. The van der Waals surface area contributed by atoms with E-state index in [9.17, 15) is 0 Å². The van der Waals surface area contributed by atoms with Gasteiger partial charge in [-0.3, -0.25) is 0 Å². The summed E-state index contributed by atoms with van der Waals surface area (Å²) in [6.07, 6.45) is 9.50. The Morgan fingerprint density at radius 3 is 2.27 bits per heavy atom. The monoisotopic (exact) mass is 391 g/mol. The fraction of sp³-hybridized carbons (Fsp3) is 0.647. The van der Waals surface area contributed by atoms with E-state index in [4.69, 9.17) is 9.47 Å². The van der Waals surface area contributed by atoms with Gasteiger partial charge in [0, 0.05) is 12.6 Å². The highest BCUT2D eigenvalue weighted by molar-refractivity contribution is 9.10. The van der Waals surface area contributed by atoms with E-state index in [-0.39, 0.29) is 12.4 Å². The van der Waals surface area contributed by atoms with Crippen molar-refractivity contribution in [1.29, 1.82) is 0 Å². The smallest absolute Gasteiger partial charge is 0.174 e. The third kappa shape index (κ3) is 5.64. The van der Waals surface area contributed by atoms with Crippen LogP contribution >= 0.6 is 28.3 Å². The fourth-order valence-electron chi connectivity index (χ4n) is 3.00. The third-order valence-electron chi connectivity index (χ3n) is 4.19. The summed E-state index contributed by atoms with van der Waals surface area (Å²) in [6, 6.07) is 4.81. The molecule has 0 bridgehead atoms. The second kappa shape index (κ2) is 10.3. The van der Waals surface area contributed by atoms with Crippen LogP contribution in [0.1, 0.15) is 50.5 Å². The number of ether oxygens (including phenoxy) is 2. The quantitative estimate of drug-likeness (QED) is 0.757. The van der Waals surface area contributed by atoms with Crippen LogP contribution in [0.2, 0.25) is 0 Å². The van der Waals surface area contributed by atoms with Crippen molar-refractivity contribution >= 4 is 28.3 Å². The van der Waals surface area contributed by atoms with Crippen molar-refractivity contribution in [3.63, 3.8) is 0 Å². The van der Waals surface area contributed by atoms with Gasteiger partial charge >= 0.3 is 0 Å². The van der Waals surface area contributed by atoms with E-state index in [2.05, 4.69) is 33.4 Å². The zero-order chi connectivity index (χ0) is 15.1. The first-order valence-electron chi connectivity index (χ1n) is 7.88. The van der Waals surface area contributed by atoms with E-state index in [1.165, 1.54) is 50.5 Å². The van der Waals surface area contributed by atoms with Crippen molar-refractivity contribution in [2.45, 2.75) is 57.5 Å². The van der Waals surface area contributed by atoms with Gasteiger partial charge in [-0.05, 0) is 46.5 Å². The molecule has 0 heterocycles. The number of benzene rings is 1. The van der Waals surface area contributed by atoms with Gasteiger partial charge in [0.15, 0.2) is 11.5 Å². The molecule has 1 aliphatic rings. The Bertz CT molecular complexity index is 449. The standard InChI is InChI=1S/C17H26BrNO2.ClH/c1-20-16-11-13(10-15(18)17(16)21-2)12-19-14-8-6-4-3-5-7-9-14;/h10-11,14,19H,3-9,12H2,1-2H3;1H. The molecule has 3 nitrogen and oxygen atoms in total. The van der Waals surface area contributed by atoms with Gasteiger partial charge in [0.1, 0.15) is 0 Å². The molecule has 0 spiro atoms. The third-order valence-corrected chi connectivity index (χ3v) is 4.78. The van der Waals surface area contributed by atoms with E-state index in [1.807, 2.05) is 0 Å². The van der Waals surface area contributed by atoms with Gasteiger partial charge in [-0.15, -0.1) is 12.4 Å². The Labute approximate surface area is 148 Å². The Balaban J connectivity index is 0.00000242. The van der Waals surface area contributed by atoms with Crippen molar-refractivity contribution < 1.29 is 9.47 Å². The molecule has 126 valence electrons. The minimum atomic E-state index is 0. The predicted molar refractivity (Wildman–Crippen MR) is 97.4 cm³/mol. The first-order valence-corrected chi connectivity index (χ1v) is 8.67. The van der Waals surface area contributed by atoms with Crippen LogP contribution in [0.4, 0.5) is 0 Å². The molecule has 5 heteroatoms. The summed E-state index contributed by atoms with van der Waals surface area (Å²) in [6.45, 7) is 0.879. The maximum Gasteiger partial charge on any atom is 0.174 e. The summed E-state index contributed by atoms with van der Waals surface area (Å²) in [5.41, 5.74) is 1.22. The molecule has 1 fully saturated rings. The summed E-state index contributed by atoms with van der Waals surface area (Å²) < 4.78 is 11.7. The van der Waals surface area contributed by atoms with Gasteiger partial charge in [-0.1, -0.05) is 32.1 Å². The second-order valence-corrected chi connectivity index (χ2v) is 6.59. The van der Waals surface area contributed by atoms with Crippen LogP contribution in [0.25, 0.3) is 0 Å². The van der Waals surface area contributed by atoms with E-state index >= 15 is 0 Å². The molecule has 22 heavy (non-hydrogen) atoms. The highest BCUT2D eigenvalue weighted by Gasteiger charge is 2.13. The van der Waals surface area contributed by atoms with Crippen molar-refractivity contribution in [1.82, 2.24) is 5.32 Å². The Hall–Kier alpha value is -0.450. The average Bonchev–Trinajstić information content (AvgIpc) is 2.45. The zero-order valence-corrected chi connectivity index (χ0v) is 15.9. The van der Waals surface area contributed by atoms with Gasteiger partial charge in [-0.2, -0.15) is 0 Å². The molecule has 0 aliphatic heterocycles. The van der Waals surface area contributed by atoms with Crippen LogP contribution in [-0.2, 0) is 6.54 Å². The van der Waals surface area contributed by atoms with Crippen molar-refractivity contribution in [2.24, 2.45) is 0 Å². The van der Waals surface area contributed by atoms with E-state index in [1.54, 1.807) is 14.2 Å². The molecular weight excluding hydrogens is 366 g/mol. The first kappa shape index (κ1) is 19.6. The topological polar surface area (TPSA) is 30.5 Å². The molecule has 1 aromatic rings. The fourth-order valence-corrected chi connectivity index (χ4v) is 3.65. The highest BCUT2D eigenvalue weighted by Crippen LogP contribution is 2.36. The largest absolute Gasteiger partial charge is 0.493 e. The molecule has 0 atom stereocenters. The Morgan fingerprint density at radius 2 is 1.68 bits per heavy atom. The molecule has 1 aromatic carbocycles. The summed E-state index contributed by atoms with van der Waals surface area (Å²) in [5.74, 6) is 1.54. The van der Waals surface area contributed by atoms with Gasteiger partial charge < -0.3 is 14.8 Å². The van der Waals surface area contributed by atoms with Gasteiger partial charge in [0.25, 0.3) is 0 Å². The number of nitrogens with one attached hydrogen (secondary N) is 1. The normalized spacial score (nSPS) is 16.3. The maximum absolute atomic E-state index is 5.40. The van der Waals surface area contributed by atoms with Crippen LogP contribution < -0.4 is 14.8 Å². The molecule has 2 rings (SSSR count). The highest BCUT2D eigenvalue weighted by atomic mass is 79.9. The van der Waals surface area contributed by atoms with Gasteiger partial charge in [0.2, 0.25) is 0 Å². The first-order chi connectivity index (χ1) is 10.2. The Kier molecular flexibility index (Phi) is 9.22. The van der Waals surface area contributed by atoms with E-state index in [0.29, 0.717) is 6.04 Å². The maximum atomic E-state index is 5.40. The SMILES string of the molecule is COc1cc(CNC2CCCCCCC2)cc(Br)c1OC.Cl. The summed E-state index contributed by atoms with van der Waals surface area (Å²) in [4.78, 5) is 0. The molecule has 1 aliphatic carbocycles. The molecule has 0 saturated heterocycles. The van der Waals surface area contributed by atoms with Crippen LogP contribution in [0.3, 0.4) is 0 Å². The molecule has 0 amide bonds. The van der Waals surface area contributed by atoms with Crippen molar-refractivity contribution in [3.8, 4) is 11.5 Å². The summed E-state index contributed by atoms with van der Waals surface area (Å²) >= 11 is 3.56. The lowest BCUT2D eigenvalue weighted by molar-refractivity contribution is 0.351. The van der Waals surface area contributed by atoms with E-state index < -0.39 is 0 Å². The van der Waals surface area contributed by atoms with Crippen LogP contribution in [0.15, 0.2) is 16.6 Å². The molecule has 0 aromatic heterocycles. The predicted octanol–water partition coefficient (Wildman–Crippen LogP) is 5.09. The minimum absolute atomic E-state index is 0. The van der Waals surface area contributed by atoms with Gasteiger partial charge in [0.05, 0.1) is 18.7 Å². The van der Waals surface area contributed by atoms with E-state index in [0.717, 1.165) is 22.5 Å². The molecule has 0 radical (unpaired) electrons. The number of rotatable bonds is 5. The molecule has 1 N–H and O–H groups in total. The zero-order valence-electron chi connectivity index (χ0n) is 13.5. The molecule has 0 unspecified atom stereocenters. The lowest BCUT2D eigenvalue weighted by Crippen LogP contribution is -2.29. The van der Waals surface area contributed by atoms with Crippen molar-refractivity contribution in [3.05, 3.63) is 22.2 Å². The Morgan fingerprint density at radius 1 is 1.05 bits per heavy atom. The van der Waals surface area contributed by atoms with Gasteiger partial charge in [-0.25, -0.2) is 0 Å². The van der Waals surface area contributed by atoms with Crippen molar-refractivity contribution in [2.75, 3.05) is 14.2 Å².